The van der Waals surface area contributed by atoms with Gasteiger partial charge in [-0.2, -0.15) is 35.1 Å². The lowest BCUT2D eigenvalue weighted by atomic mass is 9.68. The van der Waals surface area contributed by atoms with E-state index in [1.165, 1.54) is 72.8 Å². The van der Waals surface area contributed by atoms with Gasteiger partial charge in [0.15, 0.2) is 0 Å². The second-order valence-corrected chi connectivity index (χ2v) is 19.9. The quantitative estimate of drug-likeness (QED) is 0.0694. The monoisotopic (exact) mass is 1180 g/mol. The average molecular weight is 1180 g/mol. The van der Waals surface area contributed by atoms with Gasteiger partial charge in [0.05, 0.1) is 10.8 Å². The molecular formula is C68H32F14O4. The zero-order valence-corrected chi connectivity index (χ0v) is 43.4. The van der Waals surface area contributed by atoms with Crippen molar-refractivity contribution in [3.63, 3.8) is 0 Å². The summed E-state index contributed by atoms with van der Waals surface area (Å²) in [7, 11) is 0. The van der Waals surface area contributed by atoms with E-state index in [2.05, 4.69) is 0 Å². The maximum absolute atomic E-state index is 16.1. The lowest BCUT2D eigenvalue weighted by Gasteiger charge is -2.34. The third-order valence-corrected chi connectivity index (χ3v) is 15.5. The molecule has 0 bridgehead atoms. The summed E-state index contributed by atoms with van der Waals surface area (Å²) >= 11 is 0. The highest BCUT2D eigenvalue weighted by Gasteiger charge is 2.48. The van der Waals surface area contributed by atoms with Crippen LogP contribution >= 0.6 is 0 Å². The molecule has 0 saturated heterocycles. The van der Waals surface area contributed by atoms with Gasteiger partial charge in [-0.1, -0.05) is 146 Å². The Morgan fingerprint density at radius 1 is 0.186 bits per heavy atom. The van der Waals surface area contributed by atoms with Crippen LogP contribution in [0.2, 0.25) is 0 Å². The minimum atomic E-state index is -2.36. The summed E-state index contributed by atoms with van der Waals surface area (Å²) in [6.45, 7) is 0. The van der Waals surface area contributed by atoms with Crippen molar-refractivity contribution in [3.8, 4) is 68.2 Å². The molecule has 0 aromatic heterocycles. The van der Waals surface area contributed by atoms with Crippen LogP contribution in [0, 0.1) is 81.4 Å². The molecule has 0 unspecified atom stereocenters. The van der Waals surface area contributed by atoms with Gasteiger partial charge in [0.25, 0.3) is 0 Å². The van der Waals surface area contributed by atoms with Gasteiger partial charge in [-0.15, -0.1) is 0 Å². The molecule has 18 heteroatoms. The number of hydrogen-bond acceptors (Lipinski definition) is 4. The molecule has 0 N–H and O–H groups in total. The Balaban J connectivity index is 0.807. The predicted molar refractivity (Wildman–Crippen MR) is 287 cm³/mol. The molecule has 0 radical (unpaired) electrons. The Bertz CT molecular complexity index is 4110. The zero-order chi connectivity index (χ0) is 60.1. The highest BCUT2D eigenvalue weighted by molar-refractivity contribution is 5.87. The maximum Gasteiger partial charge on any atom is 0.208 e. The van der Waals surface area contributed by atoms with Gasteiger partial charge in [-0.05, 0) is 115 Å². The lowest BCUT2D eigenvalue weighted by molar-refractivity contribution is 0.330. The number of hydrogen-bond donors (Lipinski definition) is 0. The predicted octanol–water partition coefficient (Wildman–Crippen LogP) is 19.5. The van der Waals surface area contributed by atoms with E-state index in [0.29, 0.717) is 22.3 Å². The Kier molecular flexibility index (Phi) is 13.2. The van der Waals surface area contributed by atoms with Crippen molar-refractivity contribution in [2.24, 2.45) is 0 Å². The van der Waals surface area contributed by atoms with Gasteiger partial charge in [0, 0.05) is 0 Å². The molecule has 0 saturated carbocycles. The first-order chi connectivity index (χ1) is 41.5. The van der Waals surface area contributed by atoms with E-state index in [9.17, 15) is 43.9 Å². The van der Waals surface area contributed by atoms with Crippen molar-refractivity contribution in [3.05, 3.63) is 320 Å². The van der Waals surface area contributed by atoms with Gasteiger partial charge in [-0.3, -0.25) is 0 Å². The maximum atomic E-state index is 16.1. The fourth-order valence-corrected chi connectivity index (χ4v) is 11.7. The van der Waals surface area contributed by atoms with Crippen molar-refractivity contribution in [1.29, 1.82) is 0 Å². The summed E-state index contributed by atoms with van der Waals surface area (Å²) in [5, 5.41) is 0. The minimum Gasteiger partial charge on any atom is -0.451 e. The molecule has 2 aliphatic carbocycles. The van der Waals surface area contributed by atoms with E-state index in [-0.39, 0.29) is 23.0 Å². The number of ether oxygens (including phenoxy) is 4. The van der Waals surface area contributed by atoms with E-state index < -0.39 is 115 Å². The van der Waals surface area contributed by atoms with Crippen LogP contribution in [0.3, 0.4) is 0 Å². The second-order valence-electron chi connectivity index (χ2n) is 19.9. The largest absolute Gasteiger partial charge is 0.451 e. The fraction of sp³-hybridized carbons (Fsp3) is 0.0294. The SMILES string of the molecule is Fc1c(F)c(F)c(Oc2ccc(C3(c4ccc(Oc5c(F)c(F)c(Oc6ccc(C7(c8ccc(Oc9c(F)c(F)c(F)c(F)c9F)cc8)c8ccccc8-c8ccccc87)cc6)c(F)c5F)cc4)c4ccccc4-c4ccccc43)cc2)c(F)c1F. The van der Waals surface area contributed by atoms with Crippen LogP contribution in [0.25, 0.3) is 22.3 Å². The van der Waals surface area contributed by atoms with E-state index in [1.807, 2.05) is 72.8 Å². The number of benzene rings is 11. The molecule has 0 aliphatic heterocycles. The summed E-state index contributed by atoms with van der Waals surface area (Å²) in [6.07, 6.45) is 0. The van der Waals surface area contributed by atoms with Crippen LogP contribution in [0.4, 0.5) is 61.5 Å². The molecule has 11 aromatic carbocycles. The number of rotatable bonds is 12. The van der Waals surface area contributed by atoms with Crippen LogP contribution in [0.5, 0.6) is 46.0 Å². The van der Waals surface area contributed by atoms with Gasteiger partial charge in [0.1, 0.15) is 23.0 Å². The Labute approximate surface area is 477 Å². The van der Waals surface area contributed by atoms with Crippen molar-refractivity contribution >= 4 is 0 Å². The standard InChI is InChI=1S/C68H32F14O4/c69-49-51(71)55(75)63(56(76)52(49)72)83-37-25-17-33(18-26-37)67(45-13-5-1-9-41(45)42-10-2-6-14-46(42)67)35-21-29-39(30-22-35)85-65-59(79)61(81)66(62(82)60(65)80)86-40-31-23-36(24-32-40)68(47-15-7-3-11-43(47)44-12-4-8-16-48(44)68)34-19-27-38(28-20-34)84-64-57(77)53(73)50(70)54(74)58(64)78/h1-32H. The number of halogens is 14. The minimum absolute atomic E-state index is 0.275. The molecule has 0 atom stereocenters. The molecule has 13 rings (SSSR count). The summed E-state index contributed by atoms with van der Waals surface area (Å²) in [6, 6.07) is 51.9. The van der Waals surface area contributed by atoms with Crippen LogP contribution in [0.1, 0.15) is 44.5 Å². The Morgan fingerprint density at radius 2 is 0.349 bits per heavy atom. The first kappa shape index (κ1) is 54.9. The highest BCUT2D eigenvalue weighted by Crippen LogP contribution is 2.58. The van der Waals surface area contributed by atoms with Crippen LogP contribution < -0.4 is 18.9 Å². The van der Waals surface area contributed by atoms with Crippen molar-refractivity contribution in [2.45, 2.75) is 10.8 Å². The second kappa shape index (κ2) is 20.8. The smallest absolute Gasteiger partial charge is 0.208 e. The van der Waals surface area contributed by atoms with Crippen LogP contribution in [-0.2, 0) is 10.8 Å². The van der Waals surface area contributed by atoms with Gasteiger partial charge in [0.2, 0.25) is 104 Å². The van der Waals surface area contributed by atoms with Crippen molar-refractivity contribution < 1.29 is 80.4 Å². The Hall–Kier alpha value is -10.4. The summed E-state index contributed by atoms with van der Waals surface area (Å²) in [5.74, 6) is -37.1. The van der Waals surface area contributed by atoms with Crippen LogP contribution in [0.15, 0.2) is 194 Å². The molecule has 0 heterocycles. The molecule has 86 heavy (non-hydrogen) atoms. The number of fused-ring (bicyclic) bond motifs is 6. The molecule has 0 fully saturated rings. The fourth-order valence-electron chi connectivity index (χ4n) is 11.7. The Morgan fingerprint density at radius 3 is 0.547 bits per heavy atom. The molecule has 0 amide bonds. The average Bonchev–Trinajstić information content (AvgIpc) is 1.80. The van der Waals surface area contributed by atoms with E-state index >= 15 is 17.6 Å². The topological polar surface area (TPSA) is 36.9 Å². The molecule has 2 aliphatic rings. The highest BCUT2D eigenvalue weighted by atomic mass is 19.2. The van der Waals surface area contributed by atoms with Gasteiger partial charge < -0.3 is 18.9 Å². The molecule has 0 spiro atoms. The van der Waals surface area contributed by atoms with E-state index in [4.69, 9.17) is 18.9 Å². The lowest BCUT2D eigenvalue weighted by Crippen LogP contribution is -2.28. The molecular weight excluding hydrogens is 1150 g/mol. The summed E-state index contributed by atoms with van der Waals surface area (Å²) < 4.78 is 229. The van der Waals surface area contributed by atoms with Crippen molar-refractivity contribution in [2.75, 3.05) is 0 Å². The van der Waals surface area contributed by atoms with Crippen LogP contribution in [-0.4, -0.2) is 0 Å². The molecule has 4 nitrogen and oxygen atoms in total. The van der Waals surface area contributed by atoms with Gasteiger partial charge in [-0.25, -0.2) is 26.3 Å². The van der Waals surface area contributed by atoms with Gasteiger partial charge >= 0.3 is 0 Å². The van der Waals surface area contributed by atoms with E-state index in [0.717, 1.165) is 44.5 Å². The normalized spacial score (nSPS) is 13.2. The molecule has 11 aromatic rings. The molecule has 426 valence electrons. The van der Waals surface area contributed by atoms with E-state index in [1.54, 1.807) is 48.5 Å². The first-order valence-corrected chi connectivity index (χ1v) is 25.9. The third-order valence-electron chi connectivity index (χ3n) is 15.5. The first-order valence-electron chi connectivity index (χ1n) is 25.9. The van der Waals surface area contributed by atoms with Crippen molar-refractivity contribution in [1.82, 2.24) is 0 Å². The third kappa shape index (κ3) is 8.20. The summed E-state index contributed by atoms with van der Waals surface area (Å²) in [5.41, 5.74) is 5.70. The summed E-state index contributed by atoms with van der Waals surface area (Å²) in [4.78, 5) is 0. The zero-order valence-electron chi connectivity index (χ0n) is 43.4.